The van der Waals surface area contributed by atoms with Crippen LogP contribution in [0.3, 0.4) is 0 Å². The highest BCUT2D eigenvalue weighted by atomic mass is 35.5. The van der Waals surface area contributed by atoms with Gasteiger partial charge in [0.25, 0.3) is 0 Å². The zero-order valence-electron chi connectivity index (χ0n) is 13.5. The van der Waals surface area contributed by atoms with Gasteiger partial charge in [-0.3, -0.25) is 14.5 Å². The fourth-order valence-electron chi connectivity index (χ4n) is 3.74. The molecule has 0 aromatic heterocycles. The Bertz CT molecular complexity index is 747. The van der Waals surface area contributed by atoms with Gasteiger partial charge in [0, 0.05) is 23.8 Å². The van der Waals surface area contributed by atoms with Gasteiger partial charge in [-0.05, 0) is 31.0 Å². The maximum Gasteiger partial charge on any atom is 0.321 e. The Morgan fingerprint density at radius 2 is 1.72 bits per heavy atom. The lowest BCUT2D eigenvalue weighted by molar-refractivity contribution is -0.145. The zero-order valence-corrected chi connectivity index (χ0v) is 14.3. The Morgan fingerprint density at radius 3 is 2.32 bits per heavy atom. The van der Waals surface area contributed by atoms with Crippen LogP contribution in [-0.2, 0) is 9.59 Å². The van der Waals surface area contributed by atoms with Crippen molar-refractivity contribution in [1.82, 2.24) is 9.80 Å². The minimum Gasteiger partial charge on any atom is -0.320 e. The van der Waals surface area contributed by atoms with Crippen LogP contribution in [0.2, 0.25) is 5.02 Å². The third-order valence-electron chi connectivity index (χ3n) is 5.13. The lowest BCUT2D eigenvalue weighted by Gasteiger charge is -2.43. The summed E-state index contributed by atoms with van der Waals surface area (Å²) in [6, 6.07) is 6.45. The van der Waals surface area contributed by atoms with E-state index in [4.69, 9.17) is 11.6 Å². The van der Waals surface area contributed by atoms with Gasteiger partial charge in [0.05, 0.1) is 17.9 Å². The number of rotatable bonds is 2. The number of nitrogens with zero attached hydrogens (tertiary/aromatic N) is 2. The number of carbonyl (C=O) groups excluding carboxylic acids is 3. The topological polar surface area (TPSA) is 69.7 Å². The van der Waals surface area contributed by atoms with Crippen LogP contribution in [0.15, 0.2) is 36.4 Å². The van der Waals surface area contributed by atoms with E-state index in [1.54, 1.807) is 29.2 Å². The highest BCUT2D eigenvalue weighted by Gasteiger charge is 2.52. The third kappa shape index (κ3) is 2.80. The fraction of sp³-hybridized carbons (Fsp3) is 0.389. The number of hydrogen-bond donors (Lipinski definition) is 1. The molecule has 1 aromatic rings. The molecule has 2 fully saturated rings. The van der Waals surface area contributed by atoms with Crippen LogP contribution in [0.4, 0.5) is 10.5 Å². The van der Waals surface area contributed by atoms with Crippen molar-refractivity contribution in [2.75, 3.05) is 18.4 Å². The first-order valence-electron chi connectivity index (χ1n) is 8.38. The number of allylic oxidation sites excluding steroid dienone is 2. The smallest absolute Gasteiger partial charge is 0.320 e. The number of nitrogens with one attached hydrogen (secondary N) is 1. The largest absolute Gasteiger partial charge is 0.321 e. The molecule has 0 spiro atoms. The van der Waals surface area contributed by atoms with Gasteiger partial charge in [0.2, 0.25) is 11.8 Å². The van der Waals surface area contributed by atoms with Crippen LogP contribution in [0, 0.1) is 11.8 Å². The number of fused-ring (bicyclic) bond motifs is 1. The minimum atomic E-state index is -0.253. The molecule has 2 saturated heterocycles. The summed E-state index contributed by atoms with van der Waals surface area (Å²) in [6.07, 6.45) is 5.22. The Kier molecular flexibility index (Phi) is 4.00. The molecule has 2 unspecified atom stereocenters. The van der Waals surface area contributed by atoms with E-state index in [0.29, 0.717) is 36.6 Å². The number of halogens is 1. The first-order chi connectivity index (χ1) is 12.0. The molecule has 1 aliphatic carbocycles. The quantitative estimate of drug-likeness (QED) is 0.651. The number of imide groups is 1. The molecule has 130 valence electrons. The second-order valence-corrected chi connectivity index (χ2v) is 7.14. The molecule has 3 aliphatic rings. The van der Waals surface area contributed by atoms with Crippen LogP contribution in [0.5, 0.6) is 0 Å². The van der Waals surface area contributed by atoms with E-state index < -0.39 is 0 Å². The van der Waals surface area contributed by atoms with E-state index >= 15 is 0 Å². The lowest BCUT2D eigenvalue weighted by atomic mass is 9.85. The molecule has 2 atom stereocenters. The summed E-state index contributed by atoms with van der Waals surface area (Å²) in [5, 5.41) is 3.32. The average molecular weight is 360 g/mol. The van der Waals surface area contributed by atoms with Crippen molar-refractivity contribution in [3.63, 3.8) is 0 Å². The van der Waals surface area contributed by atoms with Crippen LogP contribution in [0.25, 0.3) is 0 Å². The SMILES string of the molecule is O=C(Nc1cccc(Cl)c1)N1CC(N2C(=O)C3CC=CCC3C2=O)C1. The molecule has 7 heteroatoms. The van der Waals surface area contributed by atoms with Crippen molar-refractivity contribution < 1.29 is 14.4 Å². The Balaban J connectivity index is 1.36. The van der Waals surface area contributed by atoms with Crippen molar-refractivity contribution in [1.29, 1.82) is 0 Å². The van der Waals surface area contributed by atoms with Crippen LogP contribution >= 0.6 is 11.6 Å². The third-order valence-corrected chi connectivity index (χ3v) is 5.37. The van der Waals surface area contributed by atoms with Crippen molar-refractivity contribution in [3.05, 3.63) is 41.4 Å². The number of likely N-dealkylation sites (tertiary alicyclic amines) is 2. The summed E-state index contributed by atoms with van der Waals surface area (Å²) in [5.74, 6) is -0.600. The number of hydrogen-bond acceptors (Lipinski definition) is 3. The van der Waals surface area contributed by atoms with Gasteiger partial charge < -0.3 is 10.2 Å². The summed E-state index contributed by atoms with van der Waals surface area (Å²) >= 11 is 5.91. The van der Waals surface area contributed by atoms with E-state index in [0.717, 1.165) is 0 Å². The van der Waals surface area contributed by atoms with Crippen molar-refractivity contribution >= 4 is 35.1 Å². The first-order valence-corrected chi connectivity index (χ1v) is 8.76. The van der Waals surface area contributed by atoms with E-state index in [-0.39, 0.29) is 35.7 Å². The molecule has 1 N–H and O–H groups in total. The molecule has 25 heavy (non-hydrogen) atoms. The molecule has 0 bridgehead atoms. The lowest BCUT2D eigenvalue weighted by Crippen LogP contribution is -2.63. The first kappa shape index (κ1) is 16.1. The second-order valence-electron chi connectivity index (χ2n) is 6.70. The van der Waals surface area contributed by atoms with Crippen molar-refractivity contribution in [3.8, 4) is 0 Å². The van der Waals surface area contributed by atoms with E-state index in [9.17, 15) is 14.4 Å². The van der Waals surface area contributed by atoms with Crippen molar-refractivity contribution in [2.45, 2.75) is 18.9 Å². The monoisotopic (exact) mass is 359 g/mol. The van der Waals surface area contributed by atoms with Crippen molar-refractivity contribution in [2.24, 2.45) is 11.8 Å². The summed E-state index contributed by atoms with van der Waals surface area (Å²) in [5.41, 5.74) is 0.617. The van der Waals surface area contributed by atoms with Gasteiger partial charge in [-0.25, -0.2) is 4.79 Å². The molecule has 2 aliphatic heterocycles. The minimum absolute atomic E-state index is 0.0840. The molecule has 6 nitrogen and oxygen atoms in total. The number of anilines is 1. The van der Waals surface area contributed by atoms with E-state index in [1.807, 2.05) is 12.2 Å². The predicted octanol–water partition coefficient (Wildman–Crippen LogP) is 2.51. The Morgan fingerprint density at radius 1 is 1.08 bits per heavy atom. The van der Waals surface area contributed by atoms with E-state index in [1.165, 1.54) is 4.90 Å². The number of benzene rings is 1. The van der Waals surface area contributed by atoms with Crippen LogP contribution in [-0.4, -0.2) is 46.8 Å². The number of urea groups is 1. The average Bonchev–Trinajstić information content (AvgIpc) is 2.79. The van der Waals surface area contributed by atoms with Gasteiger partial charge in [0.1, 0.15) is 0 Å². The Hall–Kier alpha value is -2.34. The van der Waals surface area contributed by atoms with Gasteiger partial charge in [0.15, 0.2) is 0 Å². The molecule has 2 heterocycles. The van der Waals surface area contributed by atoms with Gasteiger partial charge in [-0.2, -0.15) is 0 Å². The van der Waals surface area contributed by atoms with Crippen LogP contribution < -0.4 is 5.32 Å². The van der Waals surface area contributed by atoms with Gasteiger partial charge in [-0.15, -0.1) is 0 Å². The van der Waals surface area contributed by atoms with Crippen LogP contribution in [0.1, 0.15) is 12.8 Å². The highest BCUT2D eigenvalue weighted by molar-refractivity contribution is 6.30. The molecule has 0 radical (unpaired) electrons. The van der Waals surface area contributed by atoms with Gasteiger partial charge >= 0.3 is 6.03 Å². The molecular formula is C18H18ClN3O3. The molecular weight excluding hydrogens is 342 g/mol. The standard InChI is InChI=1S/C18H18ClN3O3/c19-11-4-3-5-12(8-11)20-18(25)21-9-13(10-21)22-16(23)14-6-1-2-7-15(14)17(22)24/h1-5,8,13-15H,6-7,9-10H2,(H,20,25). The summed E-state index contributed by atoms with van der Waals surface area (Å²) in [6.45, 7) is 0.744. The fourth-order valence-corrected chi connectivity index (χ4v) is 3.93. The maximum atomic E-state index is 12.5. The molecule has 0 saturated carbocycles. The van der Waals surface area contributed by atoms with Gasteiger partial charge in [-0.1, -0.05) is 29.8 Å². The normalized spacial score (nSPS) is 25.8. The summed E-state index contributed by atoms with van der Waals surface area (Å²) < 4.78 is 0. The van der Waals surface area contributed by atoms with E-state index in [2.05, 4.69) is 5.32 Å². The zero-order chi connectivity index (χ0) is 17.6. The highest BCUT2D eigenvalue weighted by Crippen LogP contribution is 2.37. The number of amides is 4. The number of carbonyl (C=O) groups is 3. The summed E-state index contributed by atoms with van der Waals surface area (Å²) in [7, 11) is 0. The predicted molar refractivity (Wildman–Crippen MR) is 93.0 cm³/mol. The molecule has 1 aromatic carbocycles. The summed E-state index contributed by atoms with van der Waals surface area (Å²) in [4.78, 5) is 40.3. The Labute approximate surface area is 150 Å². The molecule has 4 amide bonds. The molecule has 4 rings (SSSR count). The maximum absolute atomic E-state index is 12.5. The second kappa shape index (κ2) is 6.19.